The fourth-order valence-corrected chi connectivity index (χ4v) is 4.55. The van der Waals surface area contributed by atoms with Crippen LogP contribution in [-0.2, 0) is 30.6 Å². The molecule has 1 aromatic rings. The number of aliphatic hydroxyl groups is 1. The van der Waals surface area contributed by atoms with Gasteiger partial charge in [-0.05, 0) is 57.5 Å². The Balaban J connectivity index is -0.000000487. The molecule has 42 heavy (non-hydrogen) atoms. The first kappa shape index (κ1) is 47.0. The molecule has 0 spiro atoms. The largest absolute Gasteiger partial charge is 0.577 e. The average Bonchev–Trinajstić information content (AvgIpc) is 3.00. The minimum atomic E-state index is -1.00. The van der Waals surface area contributed by atoms with Gasteiger partial charge in [0.1, 0.15) is 19.0 Å². The minimum Gasteiger partial charge on any atom is -0.510 e. The second-order valence-electron chi connectivity index (χ2n) is 8.51. The molecule has 1 fully saturated rings. The minimum absolute atomic E-state index is 0. The maximum absolute atomic E-state index is 11.7. The number of aliphatic hydroxyl groups excluding tert-OH is 1. The Labute approximate surface area is 259 Å². The van der Waals surface area contributed by atoms with E-state index in [4.69, 9.17) is 23.0 Å². The maximum Gasteiger partial charge on any atom is 0.577 e. The van der Waals surface area contributed by atoms with Gasteiger partial charge in [0.05, 0.1) is 5.54 Å². The Hall–Kier alpha value is -1.98. The van der Waals surface area contributed by atoms with Gasteiger partial charge in [-0.25, -0.2) is 4.58 Å². The Bertz CT molecular complexity index is 906. The zero-order valence-electron chi connectivity index (χ0n) is 25.4. The van der Waals surface area contributed by atoms with Gasteiger partial charge in [0, 0.05) is 55.5 Å². The molecule has 3 rings (SSSR count). The summed E-state index contributed by atoms with van der Waals surface area (Å²) in [6, 6.07) is 10.5. The zero-order chi connectivity index (χ0) is 32.4. The normalized spacial score (nSPS) is 14.7. The second-order valence-corrected chi connectivity index (χ2v) is 8.51. The molecular formula is C27H41B2F8N2O2Zn+. The van der Waals surface area contributed by atoms with Gasteiger partial charge in [0.25, 0.3) is 0 Å². The third-order valence-corrected chi connectivity index (χ3v) is 6.35. The molecule has 0 bridgehead atoms. The van der Waals surface area contributed by atoms with Gasteiger partial charge in [-0.2, -0.15) is 0 Å². The van der Waals surface area contributed by atoms with E-state index in [-0.39, 0.29) is 19.5 Å². The maximum atomic E-state index is 11.7. The molecular weight excluding hydrogens is 623 g/mol. The van der Waals surface area contributed by atoms with E-state index in [0.29, 0.717) is 5.76 Å². The predicted molar refractivity (Wildman–Crippen MR) is 152 cm³/mol. The first-order valence-corrected chi connectivity index (χ1v) is 12.8. The third kappa shape index (κ3) is 15.5. The average molecular weight is 665 g/mol. The number of rotatable bonds is 5. The fourth-order valence-electron chi connectivity index (χ4n) is 4.55. The molecule has 2 aliphatic rings. The van der Waals surface area contributed by atoms with Crippen molar-refractivity contribution in [2.75, 3.05) is 40.4 Å². The standard InChI is InChI=1S/C25H34N2O2.C2H6.2BF2.2F2.Zn/c1-6-25(26(4)5,18-21-10-8-7-9-11-21)24(28)23-19(2)16-22(17-20(23)3)27-12-14-29-15-13-27;1-2;2*2-1-3;2*1-2;/h7-11,16-17H,6,12-15,18H2,1-5H3;1-2H3;;;;;/p+1. The molecule has 1 unspecified atom stereocenters. The van der Waals surface area contributed by atoms with Crippen molar-refractivity contribution in [3.05, 3.63) is 70.5 Å². The summed E-state index contributed by atoms with van der Waals surface area (Å²) in [5.74, 6) is 0.470. The number of nitrogens with zero attached hydrogens (tertiary/aromatic N) is 2. The van der Waals surface area contributed by atoms with Crippen molar-refractivity contribution in [2.45, 2.75) is 53.0 Å². The van der Waals surface area contributed by atoms with Crippen molar-refractivity contribution in [3.8, 4) is 0 Å². The van der Waals surface area contributed by atoms with Crippen molar-refractivity contribution in [2.24, 2.45) is 0 Å². The molecule has 0 saturated carbocycles. The van der Waals surface area contributed by atoms with Crippen LogP contribution in [-0.4, -0.2) is 81.9 Å². The molecule has 1 saturated heterocycles. The molecule has 1 aromatic carbocycles. The second kappa shape index (κ2) is 29.1. The molecule has 234 valence electrons. The summed E-state index contributed by atoms with van der Waals surface area (Å²) < 4.78 is 77.9. The van der Waals surface area contributed by atoms with Gasteiger partial charge in [0.15, 0.2) is 13.1 Å². The van der Waals surface area contributed by atoms with Gasteiger partial charge in [-0.15, -0.1) is 0 Å². The summed E-state index contributed by atoms with van der Waals surface area (Å²) in [5, 5.41) is 11.7. The molecule has 4 nitrogen and oxygen atoms in total. The summed E-state index contributed by atoms with van der Waals surface area (Å²) in [6.45, 7) is 13.8. The molecule has 0 aromatic heterocycles. The summed E-state index contributed by atoms with van der Waals surface area (Å²) >= 11 is 0. The number of hydrogen-bond donors (Lipinski definition) is 1. The third-order valence-electron chi connectivity index (χ3n) is 6.35. The van der Waals surface area contributed by atoms with Crippen molar-refractivity contribution >= 4 is 21.4 Å². The van der Waals surface area contributed by atoms with Gasteiger partial charge >= 0.3 is 15.7 Å². The van der Waals surface area contributed by atoms with Gasteiger partial charge in [-0.3, -0.25) is 22.2 Å². The topological polar surface area (TPSA) is 35.7 Å². The van der Waals surface area contributed by atoms with E-state index in [9.17, 15) is 22.4 Å². The molecule has 1 N–H and O–H groups in total. The Morgan fingerprint density at radius 2 is 1.31 bits per heavy atom. The van der Waals surface area contributed by atoms with E-state index in [1.54, 1.807) is 0 Å². The van der Waals surface area contributed by atoms with Crippen LogP contribution in [0, 0.1) is 0 Å². The van der Waals surface area contributed by atoms with Crippen LogP contribution < -0.4 is 0 Å². The van der Waals surface area contributed by atoms with Crippen LogP contribution in [0.25, 0.3) is 0 Å². The predicted octanol–water partition coefficient (Wildman–Crippen LogP) is 7.77. The number of halogens is 8. The van der Waals surface area contributed by atoms with Crippen LogP contribution in [0.1, 0.15) is 46.6 Å². The van der Waals surface area contributed by atoms with Crippen LogP contribution in [0.5, 0.6) is 0 Å². The molecule has 1 atom stereocenters. The molecule has 1 aliphatic heterocycles. The van der Waals surface area contributed by atoms with E-state index < -0.39 is 21.2 Å². The number of allylic oxidation sites excluding steroid dienone is 5. The number of likely N-dealkylation sites (N-methyl/N-ethyl adjacent to an activating group) is 1. The number of morpholine rings is 1. The number of hydrogen-bond acceptors (Lipinski definition) is 3. The number of ether oxygens (including phenoxy) is 1. The molecule has 15 heteroatoms. The summed E-state index contributed by atoms with van der Waals surface area (Å²) in [7, 11) is 2.13. The smallest absolute Gasteiger partial charge is 0.510 e. The van der Waals surface area contributed by atoms with Crippen molar-refractivity contribution in [1.29, 1.82) is 0 Å². The van der Waals surface area contributed by atoms with Gasteiger partial charge < -0.3 is 9.84 Å². The molecule has 0 amide bonds. The Morgan fingerprint density at radius 1 is 0.905 bits per heavy atom. The fraction of sp³-hybridized carbons (Fsp3) is 0.519. The van der Waals surface area contributed by atoms with Crippen molar-refractivity contribution in [3.63, 3.8) is 0 Å². The van der Waals surface area contributed by atoms with E-state index in [0.717, 1.165) is 55.9 Å². The van der Waals surface area contributed by atoms with Crippen molar-refractivity contribution in [1.82, 2.24) is 4.90 Å². The van der Waals surface area contributed by atoms with Crippen LogP contribution in [0.15, 0.2) is 65.0 Å². The van der Waals surface area contributed by atoms with E-state index in [1.165, 1.54) is 11.3 Å². The first-order valence-electron chi connectivity index (χ1n) is 12.8. The van der Waals surface area contributed by atoms with E-state index in [2.05, 4.69) is 80.8 Å². The molecule has 1 heterocycles. The van der Waals surface area contributed by atoms with Gasteiger partial charge in [-0.1, -0.05) is 51.1 Å². The molecule has 1 aliphatic carbocycles. The molecule has 2 radical (unpaired) electrons. The van der Waals surface area contributed by atoms with E-state index in [1.807, 2.05) is 19.9 Å². The Morgan fingerprint density at radius 3 is 1.67 bits per heavy atom. The summed E-state index contributed by atoms with van der Waals surface area (Å²) in [4.78, 5) is 2.17. The number of benzene rings is 1. The van der Waals surface area contributed by atoms with Crippen LogP contribution in [0.2, 0.25) is 0 Å². The van der Waals surface area contributed by atoms with Crippen LogP contribution in [0.4, 0.5) is 35.6 Å². The van der Waals surface area contributed by atoms with Gasteiger partial charge in [0.2, 0.25) is 5.71 Å². The Kier molecular flexibility index (Phi) is 32.6. The zero-order valence-corrected chi connectivity index (χ0v) is 28.4. The SMILES string of the molecule is CC.CCC(Cc1ccccc1)(C(O)=C1C(C)=CC(=[N+]2CCOCC2)C=C1C)N(C)C.FF.FF.F[B]F.F[B]F.[Zn]. The van der Waals surface area contributed by atoms with E-state index >= 15 is 0 Å². The monoisotopic (exact) mass is 663 g/mol. The van der Waals surface area contributed by atoms with Crippen LogP contribution in [0.3, 0.4) is 0 Å². The summed E-state index contributed by atoms with van der Waals surface area (Å²) in [5.41, 5.74) is 5.23. The quantitative estimate of drug-likeness (QED) is 0.151. The first-order chi connectivity index (χ1) is 19.7. The summed E-state index contributed by atoms with van der Waals surface area (Å²) in [6.07, 6.45) is 6.02. The van der Waals surface area contributed by atoms with Crippen LogP contribution >= 0.6 is 0 Å². The van der Waals surface area contributed by atoms with Crippen molar-refractivity contribution < 1.29 is 69.5 Å².